The van der Waals surface area contributed by atoms with Crippen molar-refractivity contribution < 1.29 is 0 Å². The molecule has 0 unspecified atom stereocenters. The van der Waals surface area contributed by atoms with Gasteiger partial charge >= 0.3 is 0 Å². The summed E-state index contributed by atoms with van der Waals surface area (Å²) >= 11 is 4.31. The average Bonchev–Trinajstić information content (AvgIpc) is 2.91. The van der Waals surface area contributed by atoms with Gasteiger partial charge in [-0.05, 0) is 6.42 Å². The van der Waals surface area contributed by atoms with Gasteiger partial charge in [0.15, 0.2) is 0 Å². The fourth-order valence-corrected chi connectivity index (χ4v) is 5.42. The number of imidazole rings is 1. The maximum Gasteiger partial charge on any atom is 0.0946 e. The molecular weight excluding hydrogens is 236 g/mol. The Labute approximate surface area is 107 Å². The minimum atomic E-state index is 0.426. The van der Waals surface area contributed by atoms with Crippen molar-refractivity contribution in [1.82, 2.24) is 9.55 Å². The van der Waals surface area contributed by atoms with Gasteiger partial charge in [-0.2, -0.15) is 0 Å². The van der Waals surface area contributed by atoms with Crippen molar-refractivity contribution >= 4 is 23.5 Å². The van der Waals surface area contributed by atoms with Crippen LogP contribution in [-0.4, -0.2) is 25.1 Å². The molecule has 2 rings (SSSR count). The number of nitrogens with zero attached hydrogens (tertiary/aromatic N) is 2. The van der Waals surface area contributed by atoms with Crippen LogP contribution in [0.2, 0.25) is 0 Å². The van der Waals surface area contributed by atoms with Gasteiger partial charge in [-0.25, -0.2) is 4.98 Å². The Balaban J connectivity index is 1.92. The van der Waals surface area contributed by atoms with E-state index in [0.29, 0.717) is 4.08 Å². The van der Waals surface area contributed by atoms with Gasteiger partial charge in [0.2, 0.25) is 0 Å². The van der Waals surface area contributed by atoms with E-state index in [9.17, 15) is 0 Å². The molecule has 0 saturated carbocycles. The predicted molar refractivity (Wildman–Crippen MR) is 74.0 cm³/mol. The van der Waals surface area contributed by atoms with Gasteiger partial charge in [0, 0.05) is 30.4 Å². The van der Waals surface area contributed by atoms with E-state index in [0.717, 1.165) is 6.54 Å². The molecule has 2 nitrogen and oxygen atoms in total. The molecule has 4 heteroatoms. The zero-order valence-corrected chi connectivity index (χ0v) is 11.5. The lowest BCUT2D eigenvalue weighted by atomic mass is 10.1. The van der Waals surface area contributed by atoms with E-state index in [-0.39, 0.29) is 0 Å². The molecule has 0 spiro atoms. The SMILES string of the molecule is CCCCCC1(Cn2ccnc2)SCCS1. The third-order valence-electron chi connectivity index (χ3n) is 2.96. The van der Waals surface area contributed by atoms with Gasteiger partial charge in [0.1, 0.15) is 0 Å². The van der Waals surface area contributed by atoms with E-state index >= 15 is 0 Å². The second kappa shape index (κ2) is 6.01. The molecule has 1 aliphatic rings. The summed E-state index contributed by atoms with van der Waals surface area (Å²) in [6.45, 7) is 3.39. The average molecular weight is 256 g/mol. The lowest BCUT2D eigenvalue weighted by molar-refractivity contribution is 0.555. The summed E-state index contributed by atoms with van der Waals surface area (Å²) < 4.78 is 2.66. The van der Waals surface area contributed by atoms with Crippen LogP contribution in [0.25, 0.3) is 0 Å². The molecule has 2 heterocycles. The molecule has 0 amide bonds. The Morgan fingerprint density at radius 2 is 2.12 bits per heavy atom. The maximum absolute atomic E-state index is 4.14. The van der Waals surface area contributed by atoms with Crippen LogP contribution in [0.5, 0.6) is 0 Å². The van der Waals surface area contributed by atoms with E-state index in [4.69, 9.17) is 0 Å². The monoisotopic (exact) mass is 256 g/mol. The van der Waals surface area contributed by atoms with Crippen LogP contribution in [0, 0.1) is 0 Å². The standard InChI is InChI=1S/C12H20N2S2/c1-2-3-4-5-12(15-8-9-16-12)10-14-7-6-13-11-14/h6-7,11H,2-5,8-10H2,1H3. The highest BCUT2D eigenvalue weighted by atomic mass is 32.2. The van der Waals surface area contributed by atoms with Crippen molar-refractivity contribution in [2.75, 3.05) is 11.5 Å². The fourth-order valence-electron chi connectivity index (χ4n) is 2.11. The normalized spacial score (nSPS) is 19.1. The van der Waals surface area contributed by atoms with E-state index < -0.39 is 0 Å². The highest BCUT2D eigenvalue weighted by molar-refractivity contribution is 8.21. The molecular formula is C12H20N2S2. The molecule has 1 saturated heterocycles. The zero-order valence-electron chi connectivity index (χ0n) is 9.89. The van der Waals surface area contributed by atoms with Crippen LogP contribution in [0.15, 0.2) is 18.7 Å². The summed E-state index contributed by atoms with van der Waals surface area (Å²) in [4.78, 5) is 4.14. The van der Waals surface area contributed by atoms with E-state index in [2.05, 4.69) is 46.2 Å². The number of aromatic nitrogens is 2. The molecule has 1 aromatic rings. The Morgan fingerprint density at radius 1 is 1.31 bits per heavy atom. The molecule has 0 bridgehead atoms. The molecule has 0 N–H and O–H groups in total. The largest absolute Gasteiger partial charge is 0.335 e. The van der Waals surface area contributed by atoms with E-state index in [1.165, 1.54) is 37.2 Å². The lowest BCUT2D eigenvalue weighted by Crippen LogP contribution is -2.24. The summed E-state index contributed by atoms with van der Waals surface area (Å²) in [5, 5.41) is 0. The number of unbranched alkanes of at least 4 members (excludes halogenated alkanes) is 2. The van der Waals surface area contributed by atoms with Crippen molar-refractivity contribution in [3.63, 3.8) is 0 Å². The van der Waals surface area contributed by atoms with Gasteiger partial charge in [-0.1, -0.05) is 26.2 Å². The van der Waals surface area contributed by atoms with Crippen LogP contribution in [0.3, 0.4) is 0 Å². The Hall–Kier alpha value is -0.0900. The van der Waals surface area contributed by atoms with Crippen molar-refractivity contribution in [2.24, 2.45) is 0 Å². The minimum absolute atomic E-state index is 0.426. The second-order valence-electron chi connectivity index (χ2n) is 4.30. The molecule has 0 radical (unpaired) electrons. The van der Waals surface area contributed by atoms with Gasteiger partial charge < -0.3 is 4.57 Å². The molecule has 1 aromatic heterocycles. The minimum Gasteiger partial charge on any atom is -0.335 e. The zero-order chi connectivity index (χ0) is 11.3. The summed E-state index contributed by atoms with van der Waals surface area (Å²) in [5.41, 5.74) is 0. The predicted octanol–water partition coefficient (Wildman–Crippen LogP) is 3.64. The number of rotatable bonds is 6. The molecule has 1 fully saturated rings. The summed E-state index contributed by atoms with van der Waals surface area (Å²) in [5.74, 6) is 2.62. The molecule has 0 aromatic carbocycles. The molecule has 0 aliphatic carbocycles. The smallest absolute Gasteiger partial charge is 0.0946 e. The quantitative estimate of drug-likeness (QED) is 0.724. The van der Waals surface area contributed by atoms with Crippen molar-refractivity contribution in [3.05, 3.63) is 18.7 Å². The highest BCUT2D eigenvalue weighted by Crippen LogP contribution is 2.48. The molecule has 90 valence electrons. The maximum atomic E-state index is 4.14. The van der Waals surface area contributed by atoms with Crippen LogP contribution in [0.1, 0.15) is 32.6 Å². The number of hydrogen-bond donors (Lipinski definition) is 0. The second-order valence-corrected chi connectivity index (χ2v) is 7.51. The number of hydrogen-bond acceptors (Lipinski definition) is 3. The topological polar surface area (TPSA) is 17.8 Å². The van der Waals surface area contributed by atoms with Crippen molar-refractivity contribution in [1.29, 1.82) is 0 Å². The number of thioether (sulfide) groups is 2. The van der Waals surface area contributed by atoms with Crippen LogP contribution in [0.4, 0.5) is 0 Å². The van der Waals surface area contributed by atoms with Crippen molar-refractivity contribution in [3.8, 4) is 0 Å². The van der Waals surface area contributed by atoms with Crippen LogP contribution in [-0.2, 0) is 6.54 Å². The molecule has 1 aliphatic heterocycles. The van der Waals surface area contributed by atoms with Crippen molar-refractivity contribution in [2.45, 2.75) is 43.2 Å². The molecule has 0 atom stereocenters. The van der Waals surface area contributed by atoms with Gasteiger partial charge in [0.25, 0.3) is 0 Å². The highest BCUT2D eigenvalue weighted by Gasteiger charge is 2.35. The van der Waals surface area contributed by atoms with E-state index in [1.54, 1.807) is 0 Å². The van der Waals surface area contributed by atoms with Crippen LogP contribution >= 0.6 is 23.5 Å². The first-order valence-electron chi connectivity index (χ1n) is 6.08. The third-order valence-corrected chi connectivity index (χ3v) is 6.46. The van der Waals surface area contributed by atoms with Gasteiger partial charge in [-0.3, -0.25) is 0 Å². The van der Waals surface area contributed by atoms with Gasteiger partial charge in [-0.15, -0.1) is 23.5 Å². The summed E-state index contributed by atoms with van der Waals surface area (Å²) in [7, 11) is 0. The molecule has 16 heavy (non-hydrogen) atoms. The third kappa shape index (κ3) is 3.20. The first-order chi connectivity index (χ1) is 7.85. The fraction of sp³-hybridized carbons (Fsp3) is 0.750. The Bertz CT molecular complexity index is 292. The Kier molecular flexibility index (Phi) is 4.65. The first-order valence-corrected chi connectivity index (χ1v) is 8.05. The first kappa shape index (κ1) is 12.4. The lowest BCUT2D eigenvalue weighted by Gasteiger charge is -2.27. The van der Waals surface area contributed by atoms with Crippen LogP contribution < -0.4 is 0 Å². The van der Waals surface area contributed by atoms with Gasteiger partial charge in [0.05, 0.1) is 10.4 Å². The summed E-state index contributed by atoms with van der Waals surface area (Å²) in [6.07, 6.45) is 11.3. The summed E-state index contributed by atoms with van der Waals surface area (Å²) in [6, 6.07) is 0. The van der Waals surface area contributed by atoms with E-state index in [1.807, 2.05) is 12.5 Å². The Morgan fingerprint density at radius 3 is 2.75 bits per heavy atom.